The number of nitrogens with zero attached hydrogens (tertiary/aromatic N) is 1. The zero-order valence-corrected chi connectivity index (χ0v) is 16.0. The molecule has 0 saturated carbocycles. The van der Waals surface area contributed by atoms with Crippen molar-refractivity contribution in [3.63, 3.8) is 0 Å². The van der Waals surface area contributed by atoms with Gasteiger partial charge in [0.1, 0.15) is 5.82 Å². The van der Waals surface area contributed by atoms with Gasteiger partial charge >= 0.3 is 12.0 Å². The zero-order valence-electron chi connectivity index (χ0n) is 16.0. The number of rotatable bonds is 4. The number of hydrogen-bond donors (Lipinski definition) is 2. The number of urea groups is 1. The number of H-pyrrole nitrogens is 1. The molecule has 2 aromatic rings. The molecule has 1 aliphatic heterocycles. The van der Waals surface area contributed by atoms with Crippen LogP contribution in [0.25, 0.3) is 5.57 Å². The van der Waals surface area contributed by atoms with Gasteiger partial charge in [0, 0.05) is 24.3 Å². The summed E-state index contributed by atoms with van der Waals surface area (Å²) in [5, 5.41) is 2.89. The Kier molecular flexibility index (Phi) is 5.64. The van der Waals surface area contributed by atoms with E-state index in [4.69, 9.17) is 4.74 Å². The van der Waals surface area contributed by atoms with Gasteiger partial charge in [-0.25, -0.2) is 9.59 Å². The molecule has 27 heavy (non-hydrogen) atoms. The lowest BCUT2D eigenvalue weighted by atomic mass is 10.00. The van der Waals surface area contributed by atoms with E-state index < -0.39 is 0 Å². The molecule has 0 atom stereocenters. The van der Waals surface area contributed by atoms with Crippen LogP contribution in [0.3, 0.4) is 0 Å². The minimum atomic E-state index is -0.377. The minimum Gasteiger partial charge on any atom is -0.462 e. The number of aryl methyl sites for hydroxylation is 1. The Balaban J connectivity index is 1.68. The second-order valence-corrected chi connectivity index (χ2v) is 6.57. The molecule has 0 unspecified atom stereocenters. The molecule has 2 amide bonds. The van der Waals surface area contributed by atoms with Crippen molar-refractivity contribution in [1.29, 1.82) is 0 Å². The van der Waals surface area contributed by atoms with E-state index in [-0.39, 0.29) is 12.0 Å². The number of aromatic amines is 1. The molecule has 0 spiro atoms. The SMILES string of the molecule is CCOC(=O)c1c(C)[nH]c(NC(=O)N2CC=C(c3ccccc3)CC2)c1C. The van der Waals surface area contributed by atoms with E-state index in [0.717, 1.165) is 6.42 Å². The van der Waals surface area contributed by atoms with Crippen molar-refractivity contribution in [3.8, 4) is 0 Å². The Morgan fingerprint density at radius 1 is 1.22 bits per heavy atom. The number of anilines is 1. The molecule has 1 aromatic heterocycles. The summed E-state index contributed by atoms with van der Waals surface area (Å²) in [6, 6.07) is 10.0. The highest BCUT2D eigenvalue weighted by molar-refractivity contribution is 5.97. The molecule has 0 aliphatic carbocycles. The summed E-state index contributed by atoms with van der Waals surface area (Å²) >= 11 is 0. The van der Waals surface area contributed by atoms with E-state index in [2.05, 4.69) is 28.5 Å². The Bertz CT molecular complexity index is 868. The third-order valence-corrected chi connectivity index (χ3v) is 4.79. The third kappa shape index (κ3) is 4.05. The fraction of sp³-hybridized carbons (Fsp3) is 0.333. The number of hydrogen-bond acceptors (Lipinski definition) is 3. The van der Waals surface area contributed by atoms with Crippen LogP contribution in [-0.4, -0.2) is 41.6 Å². The van der Waals surface area contributed by atoms with Crippen molar-refractivity contribution in [3.05, 3.63) is 58.8 Å². The van der Waals surface area contributed by atoms with Gasteiger partial charge in [0.2, 0.25) is 0 Å². The normalized spacial score (nSPS) is 13.9. The molecule has 0 bridgehead atoms. The van der Waals surface area contributed by atoms with Crippen LogP contribution in [0, 0.1) is 13.8 Å². The molecule has 2 heterocycles. The van der Waals surface area contributed by atoms with Crippen molar-refractivity contribution >= 4 is 23.4 Å². The standard InChI is InChI=1S/C21H25N3O3/c1-4-27-20(25)18-14(2)19(22-15(18)3)23-21(26)24-12-10-17(11-13-24)16-8-6-5-7-9-16/h5-10,22H,4,11-13H2,1-3H3,(H,23,26). The molecule has 6 nitrogen and oxygen atoms in total. The molecule has 2 N–H and O–H groups in total. The Labute approximate surface area is 159 Å². The lowest BCUT2D eigenvalue weighted by Gasteiger charge is -2.26. The Morgan fingerprint density at radius 3 is 2.59 bits per heavy atom. The summed E-state index contributed by atoms with van der Waals surface area (Å²) < 4.78 is 5.09. The van der Waals surface area contributed by atoms with E-state index in [1.54, 1.807) is 25.7 Å². The van der Waals surface area contributed by atoms with Crippen LogP contribution in [0.1, 0.15) is 40.5 Å². The maximum Gasteiger partial charge on any atom is 0.340 e. The van der Waals surface area contributed by atoms with Crippen LogP contribution in [0.15, 0.2) is 36.4 Å². The van der Waals surface area contributed by atoms with Crippen LogP contribution < -0.4 is 5.32 Å². The summed E-state index contributed by atoms with van der Waals surface area (Å²) in [4.78, 5) is 29.6. The molecule has 6 heteroatoms. The fourth-order valence-electron chi connectivity index (χ4n) is 3.34. The first-order valence-corrected chi connectivity index (χ1v) is 9.18. The number of nitrogens with one attached hydrogen (secondary N) is 2. The zero-order chi connectivity index (χ0) is 19.4. The van der Waals surface area contributed by atoms with Gasteiger partial charge < -0.3 is 14.6 Å². The van der Waals surface area contributed by atoms with Gasteiger partial charge in [0.15, 0.2) is 0 Å². The van der Waals surface area contributed by atoms with Gasteiger partial charge in [-0.1, -0.05) is 36.4 Å². The molecule has 0 radical (unpaired) electrons. The molecule has 3 rings (SSSR count). The summed E-state index contributed by atoms with van der Waals surface area (Å²) in [5.41, 5.74) is 4.32. The van der Waals surface area contributed by atoms with Gasteiger partial charge in [-0.05, 0) is 38.3 Å². The highest BCUT2D eigenvalue weighted by Gasteiger charge is 2.23. The maximum absolute atomic E-state index is 12.6. The largest absolute Gasteiger partial charge is 0.462 e. The number of carbonyl (C=O) groups excluding carboxylic acids is 2. The molecule has 142 valence electrons. The second-order valence-electron chi connectivity index (χ2n) is 6.57. The van der Waals surface area contributed by atoms with Gasteiger partial charge in [-0.15, -0.1) is 0 Å². The highest BCUT2D eigenvalue weighted by Crippen LogP contribution is 2.25. The van der Waals surface area contributed by atoms with Crippen molar-refractivity contribution in [2.45, 2.75) is 27.2 Å². The lowest BCUT2D eigenvalue weighted by Crippen LogP contribution is -2.38. The van der Waals surface area contributed by atoms with Crippen molar-refractivity contribution in [2.24, 2.45) is 0 Å². The van der Waals surface area contributed by atoms with Crippen molar-refractivity contribution < 1.29 is 14.3 Å². The van der Waals surface area contributed by atoms with Crippen LogP contribution in [-0.2, 0) is 4.74 Å². The molecule has 0 saturated heterocycles. The predicted octanol–water partition coefficient (Wildman–Crippen LogP) is 4.13. The molecule has 1 aromatic carbocycles. The van der Waals surface area contributed by atoms with Crippen molar-refractivity contribution in [2.75, 3.05) is 25.0 Å². The number of aromatic nitrogens is 1. The minimum absolute atomic E-state index is 0.182. The Morgan fingerprint density at radius 2 is 1.96 bits per heavy atom. The second kappa shape index (κ2) is 8.12. The summed E-state index contributed by atoms with van der Waals surface area (Å²) in [6.07, 6.45) is 2.91. The highest BCUT2D eigenvalue weighted by atomic mass is 16.5. The third-order valence-electron chi connectivity index (χ3n) is 4.79. The molecular formula is C21H25N3O3. The molecule has 1 aliphatic rings. The van der Waals surface area contributed by atoms with Crippen LogP contribution in [0.5, 0.6) is 0 Å². The first-order valence-electron chi connectivity index (χ1n) is 9.18. The first kappa shape index (κ1) is 18.8. The number of ether oxygens (including phenoxy) is 1. The van der Waals surface area contributed by atoms with Crippen LogP contribution >= 0.6 is 0 Å². The summed E-state index contributed by atoms with van der Waals surface area (Å²) in [7, 11) is 0. The first-order chi connectivity index (χ1) is 13.0. The summed E-state index contributed by atoms with van der Waals surface area (Å²) in [5.74, 6) is 0.163. The predicted molar refractivity (Wildman–Crippen MR) is 106 cm³/mol. The number of esters is 1. The molecular weight excluding hydrogens is 342 g/mol. The fourth-order valence-corrected chi connectivity index (χ4v) is 3.34. The number of amides is 2. The van der Waals surface area contributed by atoms with Crippen LogP contribution in [0.4, 0.5) is 10.6 Å². The maximum atomic E-state index is 12.6. The van der Waals surface area contributed by atoms with E-state index in [1.165, 1.54) is 11.1 Å². The van der Waals surface area contributed by atoms with Crippen LogP contribution in [0.2, 0.25) is 0 Å². The monoisotopic (exact) mass is 367 g/mol. The van der Waals surface area contributed by atoms with E-state index in [9.17, 15) is 9.59 Å². The topological polar surface area (TPSA) is 74.4 Å². The summed E-state index contributed by atoms with van der Waals surface area (Å²) in [6.45, 7) is 6.88. The van der Waals surface area contributed by atoms with E-state index >= 15 is 0 Å². The average molecular weight is 367 g/mol. The smallest absolute Gasteiger partial charge is 0.340 e. The van der Waals surface area contributed by atoms with Gasteiger partial charge in [0.05, 0.1) is 12.2 Å². The van der Waals surface area contributed by atoms with Gasteiger partial charge in [0.25, 0.3) is 0 Å². The number of carbonyl (C=O) groups is 2. The quantitative estimate of drug-likeness (QED) is 0.798. The Hall–Kier alpha value is -3.02. The number of benzene rings is 1. The molecule has 0 fully saturated rings. The average Bonchev–Trinajstić information content (AvgIpc) is 2.96. The van der Waals surface area contributed by atoms with Crippen molar-refractivity contribution in [1.82, 2.24) is 9.88 Å². The lowest BCUT2D eigenvalue weighted by molar-refractivity contribution is 0.0525. The van der Waals surface area contributed by atoms with Gasteiger partial charge in [-0.2, -0.15) is 0 Å². The van der Waals surface area contributed by atoms with E-state index in [1.807, 2.05) is 18.2 Å². The van der Waals surface area contributed by atoms with Gasteiger partial charge in [-0.3, -0.25) is 5.32 Å². The van der Waals surface area contributed by atoms with E-state index in [0.29, 0.717) is 42.3 Å².